The van der Waals surface area contributed by atoms with Crippen molar-refractivity contribution in [3.05, 3.63) is 35.9 Å². The van der Waals surface area contributed by atoms with Gasteiger partial charge in [0.05, 0.1) is 11.2 Å². The van der Waals surface area contributed by atoms with Gasteiger partial charge in [-0.3, -0.25) is 4.68 Å². The van der Waals surface area contributed by atoms with Crippen molar-refractivity contribution in [2.45, 2.75) is 33.2 Å². The molecule has 0 aliphatic rings. The van der Waals surface area contributed by atoms with Gasteiger partial charge in [-0.15, -0.1) is 5.10 Å². The molecule has 0 aliphatic heterocycles. The van der Waals surface area contributed by atoms with Gasteiger partial charge >= 0.3 is 0 Å². The highest BCUT2D eigenvalue weighted by Crippen LogP contribution is 2.30. The Bertz CT molecular complexity index is 535. The molecule has 90 valence electrons. The summed E-state index contributed by atoms with van der Waals surface area (Å²) in [4.78, 5) is 0. The van der Waals surface area contributed by atoms with Gasteiger partial charge in [-0.1, -0.05) is 24.3 Å². The van der Waals surface area contributed by atoms with Gasteiger partial charge in [-0.2, -0.15) is 0 Å². The van der Waals surface area contributed by atoms with Crippen LogP contribution in [0.2, 0.25) is 0 Å². The summed E-state index contributed by atoms with van der Waals surface area (Å²) in [5.74, 6) is 0.0678. The number of rotatable bonds is 1. The summed E-state index contributed by atoms with van der Waals surface area (Å²) in [5.41, 5.74) is 3.08. The molecule has 0 fully saturated rings. The zero-order valence-corrected chi connectivity index (χ0v) is 10.7. The van der Waals surface area contributed by atoms with Crippen LogP contribution >= 0.6 is 0 Å². The van der Waals surface area contributed by atoms with E-state index in [1.54, 1.807) is 6.07 Å². The van der Waals surface area contributed by atoms with Crippen LogP contribution in [0.3, 0.4) is 0 Å². The Kier molecular flexibility index (Phi) is 2.69. The van der Waals surface area contributed by atoms with E-state index in [0.717, 1.165) is 11.3 Å². The van der Waals surface area contributed by atoms with Crippen LogP contribution in [0.1, 0.15) is 26.3 Å². The fourth-order valence-electron chi connectivity index (χ4n) is 1.93. The summed E-state index contributed by atoms with van der Waals surface area (Å²) >= 11 is 0. The zero-order valence-electron chi connectivity index (χ0n) is 10.7. The van der Waals surface area contributed by atoms with Gasteiger partial charge in [0.15, 0.2) is 0 Å². The predicted octanol–water partition coefficient (Wildman–Crippen LogP) is 3.32. The summed E-state index contributed by atoms with van der Waals surface area (Å²) in [6, 6.07) is 9.84. The highest BCUT2D eigenvalue weighted by molar-refractivity contribution is 5.65. The highest BCUT2D eigenvalue weighted by atomic mass is 16.3. The number of hydrogen-bond acceptors (Lipinski definition) is 2. The van der Waals surface area contributed by atoms with Crippen molar-refractivity contribution >= 4 is 0 Å². The molecule has 0 spiro atoms. The molecule has 1 N–H and O–H groups in total. The van der Waals surface area contributed by atoms with E-state index in [1.165, 1.54) is 5.56 Å². The lowest BCUT2D eigenvalue weighted by atomic mass is 10.0. The Balaban J connectivity index is 2.64. The summed E-state index contributed by atoms with van der Waals surface area (Å²) in [5, 5.41) is 13.8. The Labute approximate surface area is 102 Å². The van der Waals surface area contributed by atoms with E-state index in [4.69, 9.17) is 0 Å². The Morgan fingerprint density at radius 2 is 1.82 bits per heavy atom. The second-order valence-corrected chi connectivity index (χ2v) is 5.29. The van der Waals surface area contributed by atoms with E-state index < -0.39 is 0 Å². The second-order valence-electron chi connectivity index (χ2n) is 5.29. The summed E-state index contributed by atoms with van der Waals surface area (Å²) in [7, 11) is 0. The SMILES string of the molecule is Cc1ccccc1-c1cc(O)nn1C(C)(C)C. The number of aryl methyl sites for hydroxylation is 1. The molecule has 1 aromatic heterocycles. The van der Waals surface area contributed by atoms with Gasteiger partial charge in [-0.05, 0) is 33.3 Å². The van der Waals surface area contributed by atoms with Gasteiger partial charge in [0.1, 0.15) is 0 Å². The Morgan fingerprint density at radius 3 is 2.41 bits per heavy atom. The van der Waals surface area contributed by atoms with Crippen molar-refractivity contribution in [1.29, 1.82) is 0 Å². The molecule has 17 heavy (non-hydrogen) atoms. The van der Waals surface area contributed by atoms with Crippen LogP contribution in [0.15, 0.2) is 30.3 Å². The normalized spacial score (nSPS) is 11.8. The predicted molar refractivity (Wildman–Crippen MR) is 69.1 cm³/mol. The van der Waals surface area contributed by atoms with E-state index in [2.05, 4.69) is 38.9 Å². The average molecular weight is 230 g/mol. The van der Waals surface area contributed by atoms with Gasteiger partial charge in [0.2, 0.25) is 5.88 Å². The molecule has 0 bridgehead atoms. The van der Waals surface area contributed by atoms with Crippen LogP contribution in [0.25, 0.3) is 11.3 Å². The maximum atomic E-state index is 9.62. The summed E-state index contributed by atoms with van der Waals surface area (Å²) in [6.07, 6.45) is 0. The molecule has 3 nitrogen and oxygen atoms in total. The minimum Gasteiger partial charge on any atom is -0.492 e. The van der Waals surface area contributed by atoms with Gasteiger partial charge < -0.3 is 5.11 Å². The molecule has 1 heterocycles. The molecule has 2 aromatic rings. The number of benzene rings is 1. The first-order valence-corrected chi connectivity index (χ1v) is 5.75. The zero-order chi connectivity index (χ0) is 12.6. The summed E-state index contributed by atoms with van der Waals surface area (Å²) in [6.45, 7) is 8.27. The van der Waals surface area contributed by atoms with Gasteiger partial charge in [-0.25, -0.2) is 0 Å². The monoisotopic (exact) mass is 230 g/mol. The highest BCUT2D eigenvalue weighted by Gasteiger charge is 2.21. The third-order valence-corrected chi connectivity index (χ3v) is 2.75. The third kappa shape index (κ3) is 2.18. The van der Waals surface area contributed by atoms with E-state index in [-0.39, 0.29) is 11.4 Å². The first-order valence-electron chi connectivity index (χ1n) is 5.75. The molecule has 1 aromatic carbocycles. The quantitative estimate of drug-likeness (QED) is 0.816. The molecule has 0 radical (unpaired) electrons. The number of aromatic nitrogens is 2. The lowest BCUT2D eigenvalue weighted by Gasteiger charge is -2.22. The van der Waals surface area contributed by atoms with E-state index in [9.17, 15) is 5.11 Å². The molecule has 0 aliphatic carbocycles. The second kappa shape index (κ2) is 3.91. The maximum absolute atomic E-state index is 9.62. The largest absolute Gasteiger partial charge is 0.492 e. The Hall–Kier alpha value is -1.77. The van der Waals surface area contributed by atoms with Crippen LogP contribution < -0.4 is 0 Å². The molecule has 0 amide bonds. The molecule has 0 atom stereocenters. The molecule has 2 rings (SSSR count). The number of hydrogen-bond donors (Lipinski definition) is 1. The van der Waals surface area contributed by atoms with Crippen molar-refractivity contribution in [3.63, 3.8) is 0 Å². The molecular formula is C14H18N2O. The smallest absolute Gasteiger partial charge is 0.230 e. The van der Waals surface area contributed by atoms with Crippen molar-refractivity contribution in [2.24, 2.45) is 0 Å². The lowest BCUT2D eigenvalue weighted by Crippen LogP contribution is -2.24. The maximum Gasteiger partial charge on any atom is 0.230 e. The van der Waals surface area contributed by atoms with Crippen LogP contribution in [0, 0.1) is 6.92 Å². The van der Waals surface area contributed by atoms with E-state index >= 15 is 0 Å². The fraction of sp³-hybridized carbons (Fsp3) is 0.357. The van der Waals surface area contributed by atoms with Gasteiger partial charge in [0, 0.05) is 11.6 Å². The first-order chi connectivity index (χ1) is 7.89. The minimum absolute atomic E-state index is 0.0678. The first kappa shape index (κ1) is 11.7. The van der Waals surface area contributed by atoms with Crippen LogP contribution in [0.5, 0.6) is 5.88 Å². The topological polar surface area (TPSA) is 38.1 Å². The van der Waals surface area contributed by atoms with Crippen LogP contribution in [-0.4, -0.2) is 14.9 Å². The van der Waals surface area contributed by atoms with Gasteiger partial charge in [0.25, 0.3) is 0 Å². The molecule has 3 heteroatoms. The average Bonchev–Trinajstić information content (AvgIpc) is 2.60. The standard InChI is InChI=1S/C14H18N2O/c1-10-7-5-6-8-11(10)12-9-13(17)15-16(12)14(2,3)4/h5-9H,1-4H3,(H,15,17). The van der Waals surface area contributed by atoms with Crippen molar-refractivity contribution < 1.29 is 5.11 Å². The number of nitrogens with zero attached hydrogens (tertiary/aromatic N) is 2. The molecule has 0 saturated carbocycles. The third-order valence-electron chi connectivity index (χ3n) is 2.75. The van der Waals surface area contributed by atoms with E-state index in [0.29, 0.717) is 0 Å². The lowest BCUT2D eigenvalue weighted by molar-refractivity contribution is 0.341. The van der Waals surface area contributed by atoms with Crippen LogP contribution in [-0.2, 0) is 5.54 Å². The molecule has 0 unspecified atom stereocenters. The van der Waals surface area contributed by atoms with Crippen molar-refractivity contribution in [1.82, 2.24) is 9.78 Å². The molecule has 0 saturated heterocycles. The van der Waals surface area contributed by atoms with Crippen molar-refractivity contribution in [3.8, 4) is 17.1 Å². The number of aromatic hydroxyl groups is 1. The van der Waals surface area contributed by atoms with Crippen molar-refractivity contribution in [2.75, 3.05) is 0 Å². The fourth-order valence-corrected chi connectivity index (χ4v) is 1.93. The molecular weight excluding hydrogens is 212 g/mol. The van der Waals surface area contributed by atoms with E-state index in [1.807, 2.05) is 22.9 Å². The summed E-state index contributed by atoms with van der Waals surface area (Å²) < 4.78 is 1.87. The minimum atomic E-state index is -0.154. The van der Waals surface area contributed by atoms with Crippen LogP contribution in [0.4, 0.5) is 0 Å². The Morgan fingerprint density at radius 1 is 1.18 bits per heavy atom.